The van der Waals surface area contributed by atoms with Gasteiger partial charge in [-0.3, -0.25) is 14.4 Å². The highest BCUT2D eigenvalue weighted by atomic mass is 16.6. The number of esters is 3. The third-order valence-corrected chi connectivity index (χ3v) is 10.7. The van der Waals surface area contributed by atoms with Crippen molar-refractivity contribution in [3.8, 4) is 0 Å². The van der Waals surface area contributed by atoms with Crippen LogP contribution in [-0.2, 0) is 28.6 Å². The maximum absolute atomic E-state index is 12.8. The molecule has 6 nitrogen and oxygen atoms in total. The first-order valence-corrected chi connectivity index (χ1v) is 25.4. The molecule has 0 unspecified atom stereocenters. The third-order valence-electron chi connectivity index (χ3n) is 10.7. The second-order valence-electron chi connectivity index (χ2n) is 16.7. The minimum Gasteiger partial charge on any atom is -0.462 e. The predicted molar refractivity (Wildman–Crippen MR) is 261 cm³/mol. The van der Waals surface area contributed by atoms with Crippen molar-refractivity contribution >= 4 is 17.9 Å². The van der Waals surface area contributed by atoms with E-state index >= 15 is 0 Å². The zero-order chi connectivity index (χ0) is 44.4. The fourth-order valence-corrected chi connectivity index (χ4v) is 6.75. The maximum Gasteiger partial charge on any atom is 0.306 e. The summed E-state index contributed by atoms with van der Waals surface area (Å²) in [6, 6.07) is 0. The lowest BCUT2D eigenvalue weighted by Crippen LogP contribution is -2.30. The van der Waals surface area contributed by atoms with Gasteiger partial charge in [0.2, 0.25) is 0 Å². The largest absolute Gasteiger partial charge is 0.462 e. The number of carbonyl (C=O) groups excluding carboxylic acids is 3. The van der Waals surface area contributed by atoms with E-state index in [1.165, 1.54) is 83.5 Å². The molecule has 0 spiro atoms. The fourth-order valence-electron chi connectivity index (χ4n) is 6.75. The van der Waals surface area contributed by atoms with Gasteiger partial charge in [-0.15, -0.1) is 0 Å². The SMILES string of the molecule is CCCC/C=C\CCCCCCCC(=O)OC[C@H](COC(=O)CCCCCC/C=C\C/C=C\C/C=C\CCCCC)OC(=O)CCCCCCC/C=C\C/C=C\CCCCC. The molecular weight excluding hydrogens is 757 g/mol. The van der Waals surface area contributed by atoms with Crippen LogP contribution >= 0.6 is 0 Å². The zero-order valence-electron chi connectivity index (χ0n) is 39.9. The van der Waals surface area contributed by atoms with Crippen LogP contribution in [0.1, 0.15) is 239 Å². The van der Waals surface area contributed by atoms with E-state index in [1.54, 1.807) is 0 Å². The van der Waals surface area contributed by atoms with Crippen molar-refractivity contribution in [3.63, 3.8) is 0 Å². The number of hydrogen-bond donors (Lipinski definition) is 0. The molecule has 61 heavy (non-hydrogen) atoms. The molecule has 0 N–H and O–H groups in total. The Bertz CT molecular complexity index is 1160. The van der Waals surface area contributed by atoms with Crippen LogP contribution in [0.2, 0.25) is 0 Å². The Morgan fingerprint density at radius 3 is 0.984 bits per heavy atom. The molecule has 0 aliphatic carbocycles. The summed E-state index contributed by atoms with van der Waals surface area (Å²) in [5, 5.41) is 0. The molecule has 1 atom stereocenters. The maximum atomic E-state index is 12.8. The quantitative estimate of drug-likeness (QED) is 0.0263. The van der Waals surface area contributed by atoms with Crippen molar-refractivity contribution in [2.75, 3.05) is 13.2 Å². The molecule has 0 saturated heterocycles. The van der Waals surface area contributed by atoms with Gasteiger partial charge in [0.25, 0.3) is 0 Å². The zero-order valence-corrected chi connectivity index (χ0v) is 39.9. The topological polar surface area (TPSA) is 78.9 Å². The number of rotatable bonds is 45. The molecule has 0 aromatic rings. The number of ether oxygens (including phenoxy) is 3. The Morgan fingerprint density at radius 2 is 0.607 bits per heavy atom. The smallest absolute Gasteiger partial charge is 0.306 e. The highest BCUT2D eigenvalue weighted by Gasteiger charge is 2.19. The van der Waals surface area contributed by atoms with Gasteiger partial charge in [0.1, 0.15) is 13.2 Å². The van der Waals surface area contributed by atoms with E-state index in [0.29, 0.717) is 19.3 Å². The van der Waals surface area contributed by atoms with Gasteiger partial charge in [-0.05, 0) is 109 Å². The normalized spacial score (nSPS) is 12.6. The van der Waals surface area contributed by atoms with Crippen LogP contribution in [0.25, 0.3) is 0 Å². The van der Waals surface area contributed by atoms with Crippen molar-refractivity contribution in [2.45, 2.75) is 245 Å². The van der Waals surface area contributed by atoms with Crippen LogP contribution in [0.3, 0.4) is 0 Å². The summed E-state index contributed by atoms with van der Waals surface area (Å²) in [6.45, 7) is 6.50. The van der Waals surface area contributed by atoms with Gasteiger partial charge in [-0.25, -0.2) is 0 Å². The van der Waals surface area contributed by atoms with Crippen molar-refractivity contribution < 1.29 is 28.6 Å². The molecule has 0 bridgehead atoms. The van der Waals surface area contributed by atoms with Crippen LogP contribution in [0.4, 0.5) is 0 Å². The lowest BCUT2D eigenvalue weighted by Gasteiger charge is -2.18. The second-order valence-corrected chi connectivity index (χ2v) is 16.7. The minimum atomic E-state index is -0.794. The van der Waals surface area contributed by atoms with Gasteiger partial charge in [0.05, 0.1) is 0 Å². The minimum absolute atomic E-state index is 0.0934. The van der Waals surface area contributed by atoms with Gasteiger partial charge in [-0.2, -0.15) is 0 Å². The lowest BCUT2D eigenvalue weighted by atomic mass is 10.1. The first-order chi connectivity index (χ1) is 30.0. The van der Waals surface area contributed by atoms with Gasteiger partial charge in [0.15, 0.2) is 6.10 Å². The second kappa shape index (κ2) is 49.5. The Hall–Kier alpha value is -3.15. The van der Waals surface area contributed by atoms with E-state index in [4.69, 9.17) is 14.2 Å². The van der Waals surface area contributed by atoms with E-state index in [2.05, 4.69) is 93.7 Å². The number of carbonyl (C=O) groups is 3. The first-order valence-electron chi connectivity index (χ1n) is 25.4. The Morgan fingerprint density at radius 1 is 0.328 bits per heavy atom. The highest BCUT2D eigenvalue weighted by molar-refractivity contribution is 5.71. The predicted octanol–water partition coefficient (Wildman–Crippen LogP) is 16.6. The number of hydrogen-bond acceptors (Lipinski definition) is 6. The van der Waals surface area contributed by atoms with Crippen LogP contribution in [0, 0.1) is 0 Å². The van der Waals surface area contributed by atoms with Crippen molar-refractivity contribution in [2.24, 2.45) is 0 Å². The summed E-state index contributed by atoms with van der Waals surface area (Å²) in [5.41, 5.74) is 0. The molecule has 0 rings (SSSR count). The highest BCUT2D eigenvalue weighted by Crippen LogP contribution is 2.13. The molecule has 350 valence electrons. The number of unbranched alkanes of at least 4 members (excludes halogenated alkanes) is 22. The van der Waals surface area contributed by atoms with Gasteiger partial charge in [0, 0.05) is 19.3 Å². The lowest BCUT2D eigenvalue weighted by molar-refractivity contribution is -0.167. The molecule has 0 amide bonds. The first kappa shape index (κ1) is 57.9. The molecule has 0 saturated carbocycles. The van der Waals surface area contributed by atoms with Crippen LogP contribution in [-0.4, -0.2) is 37.2 Å². The molecule has 0 aromatic heterocycles. The van der Waals surface area contributed by atoms with Crippen molar-refractivity contribution in [1.29, 1.82) is 0 Å². The van der Waals surface area contributed by atoms with Gasteiger partial charge < -0.3 is 14.2 Å². The van der Waals surface area contributed by atoms with E-state index in [0.717, 1.165) is 116 Å². The van der Waals surface area contributed by atoms with E-state index in [-0.39, 0.29) is 31.1 Å². The van der Waals surface area contributed by atoms with Crippen LogP contribution in [0.15, 0.2) is 72.9 Å². The molecule has 0 aliphatic rings. The van der Waals surface area contributed by atoms with Crippen molar-refractivity contribution in [3.05, 3.63) is 72.9 Å². The Labute approximate surface area is 376 Å². The summed E-state index contributed by atoms with van der Waals surface area (Å²) >= 11 is 0. The van der Waals surface area contributed by atoms with Gasteiger partial charge >= 0.3 is 17.9 Å². The summed E-state index contributed by atoms with van der Waals surface area (Å²) in [6.07, 6.45) is 61.6. The van der Waals surface area contributed by atoms with Gasteiger partial charge in [-0.1, -0.05) is 184 Å². The fraction of sp³-hybridized carbons (Fsp3) is 0.727. The molecule has 0 aromatic carbocycles. The van der Waals surface area contributed by atoms with E-state index in [1.807, 2.05) is 0 Å². The molecule has 0 fully saturated rings. The molecule has 0 radical (unpaired) electrons. The average molecular weight is 851 g/mol. The molecular formula is C55H94O6. The third kappa shape index (κ3) is 47.7. The van der Waals surface area contributed by atoms with E-state index < -0.39 is 6.10 Å². The summed E-state index contributed by atoms with van der Waals surface area (Å²) < 4.78 is 16.7. The molecule has 0 heterocycles. The molecule has 6 heteroatoms. The van der Waals surface area contributed by atoms with E-state index in [9.17, 15) is 14.4 Å². The monoisotopic (exact) mass is 851 g/mol. The van der Waals surface area contributed by atoms with Crippen LogP contribution in [0.5, 0.6) is 0 Å². The number of allylic oxidation sites excluding steroid dienone is 12. The Balaban J connectivity index is 4.44. The molecule has 0 aliphatic heterocycles. The summed E-state index contributed by atoms with van der Waals surface area (Å²) in [7, 11) is 0. The Kier molecular flexibility index (Phi) is 46.9. The van der Waals surface area contributed by atoms with Crippen LogP contribution < -0.4 is 0 Å². The summed E-state index contributed by atoms with van der Waals surface area (Å²) in [5.74, 6) is -0.939. The average Bonchev–Trinajstić information content (AvgIpc) is 3.26. The summed E-state index contributed by atoms with van der Waals surface area (Å²) in [4.78, 5) is 37.9. The van der Waals surface area contributed by atoms with Crippen molar-refractivity contribution in [1.82, 2.24) is 0 Å². The standard InChI is InChI=1S/C55H94O6/c1-4-7-10-13-16-19-22-24-26-27-29-30-33-36-39-42-45-48-54(57)60-51-52(50-59-53(56)47-44-41-38-35-32-21-18-15-12-9-6-3)61-55(58)49-46-43-40-37-34-31-28-25-23-20-17-14-11-8-5-2/h15-20,24-26,28-30,52H,4-14,21-23,27,31-51H2,1-3H3/b18-15-,19-16-,20-17-,26-24-,28-25-,30-29-/t52-/m1/s1.